The number of halogens is 1. The highest BCUT2D eigenvalue weighted by molar-refractivity contribution is 6.34. The number of hydrogen-bond acceptors (Lipinski definition) is 3. The number of anilines is 1. The van der Waals surface area contributed by atoms with Gasteiger partial charge in [0.05, 0.1) is 11.1 Å². The Bertz CT molecular complexity index is 394. The van der Waals surface area contributed by atoms with E-state index in [0.29, 0.717) is 21.9 Å². The van der Waals surface area contributed by atoms with Gasteiger partial charge < -0.3 is 10.7 Å². The van der Waals surface area contributed by atoms with Gasteiger partial charge in [0.2, 0.25) is 0 Å². The average molecular weight is 169 g/mol. The molecule has 56 valence electrons. The van der Waals surface area contributed by atoms with Crippen molar-refractivity contribution in [2.75, 3.05) is 5.73 Å². The maximum absolute atomic E-state index is 5.75. The Morgan fingerprint density at radius 1 is 1.45 bits per heavy atom. The van der Waals surface area contributed by atoms with E-state index in [1.165, 1.54) is 6.33 Å². The number of nitrogen functional groups attached to an aromatic ring is 1. The van der Waals surface area contributed by atoms with Crippen LogP contribution in [0.1, 0.15) is 0 Å². The number of H-pyrrole nitrogens is 1. The van der Waals surface area contributed by atoms with E-state index in [1.54, 1.807) is 6.20 Å². The molecule has 0 aromatic carbocycles. The van der Waals surface area contributed by atoms with E-state index in [1.807, 2.05) is 0 Å². The van der Waals surface area contributed by atoms with Crippen LogP contribution in [0.5, 0.6) is 0 Å². The summed E-state index contributed by atoms with van der Waals surface area (Å²) in [4.78, 5) is 10.6. The topological polar surface area (TPSA) is 67.6 Å². The number of hydrogen-bond donors (Lipinski definition) is 2. The fourth-order valence-electron chi connectivity index (χ4n) is 0.948. The standard InChI is InChI=1S/C6H5ClN4/c7-5-4-3(8)1-9-6(4)11-2-10-5/h1-2H,8H2,(H,9,10,11). The van der Waals surface area contributed by atoms with E-state index in [4.69, 9.17) is 17.3 Å². The second-order valence-corrected chi connectivity index (χ2v) is 2.49. The number of aromatic nitrogens is 3. The van der Waals surface area contributed by atoms with Crippen LogP contribution in [0.4, 0.5) is 5.69 Å². The molecule has 0 radical (unpaired) electrons. The van der Waals surface area contributed by atoms with Crippen LogP contribution in [-0.2, 0) is 0 Å². The molecule has 0 aliphatic heterocycles. The third-order valence-corrected chi connectivity index (χ3v) is 1.74. The summed E-state index contributed by atoms with van der Waals surface area (Å²) in [5, 5.41) is 1.07. The first-order chi connectivity index (χ1) is 5.29. The molecule has 2 aromatic rings. The van der Waals surface area contributed by atoms with Crippen molar-refractivity contribution < 1.29 is 0 Å². The highest BCUT2D eigenvalue weighted by Gasteiger charge is 2.05. The second kappa shape index (κ2) is 2.10. The van der Waals surface area contributed by atoms with E-state index in [0.717, 1.165) is 0 Å². The maximum Gasteiger partial charge on any atom is 0.144 e. The monoisotopic (exact) mass is 168 g/mol. The van der Waals surface area contributed by atoms with Crippen LogP contribution in [0, 0.1) is 0 Å². The van der Waals surface area contributed by atoms with Gasteiger partial charge in [0.15, 0.2) is 0 Å². The molecule has 0 fully saturated rings. The van der Waals surface area contributed by atoms with Gasteiger partial charge in [-0.25, -0.2) is 9.97 Å². The predicted molar refractivity (Wildman–Crippen MR) is 43.3 cm³/mol. The summed E-state index contributed by atoms with van der Waals surface area (Å²) in [7, 11) is 0. The van der Waals surface area contributed by atoms with Crippen molar-refractivity contribution in [3.63, 3.8) is 0 Å². The molecule has 0 aliphatic rings. The first-order valence-electron chi connectivity index (χ1n) is 3.02. The van der Waals surface area contributed by atoms with Gasteiger partial charge in [0.1, 0.15) is 17.1 Å². The molecular formula is C6H5ClN4. The van der Waals surface area contributed by atoms with Crippen molar-refractivity contribution in [2.45, 2.75) is 0 Å². The number of nitrogens with two attached hydrogens (primary N) is 1. The van der Waals surface area contributed by atoms with Gasteiger partial charge in [0, 0.05) is 6.20 Å². The van der Waals surface area contributed by atoms with Crippen LogP contribution < -0.4 is 5.73 Å². The zero-order chi connectivity index (χ0) is 7.84. The Morgan fingerprint density at radius 2 is 2.27 bits per heavy atom. The van der Waals surface area contributed by atoms with Crippen molar-refractivity contribution in [3.8, 4) is 0 Å². The quantitative estimate of drug-likeness (QED) is 0.581. The highest BCUT2D eigenvalue weighted by atomic mass is 35.5. The lowest BCUT2D eigenvalue weighted by atomic mass is 10.4. The number of fused-ring (bicyclic) bond motifs is 1. The van der Waals surface area contributed by atoms with Gasteiger partial charge in [0.25, 0.3) is 0 Å². The van der Waals surface area contributed by atoms with Crippen LogP contribution in [0.25, 0.3) is 11.0 Å². The third-order valence-electron chi connectivity index (χ3n) is 1.45. The minimum atomic E-state index is 0.383. The minimum absolute atomic E-state index is 0.383. The molecule has 4 nitrogen and oxygen atoms in total. The van der Waals surface area contributed by atoms with Crippen molar-refractivity contribution >= 4 is 28.3 Å². The summed E-state index contributed by atoms with van der Waals surface area (Å²) in [6.07, 6.45) is 3.03. The number of rotatable bonds is 0. The number of nitrogens with one attached hydrogen (secondary N) is 1. The first kappa shape index (κ1) is 6.42. The summed E-state index contributed by atoms with van der Waals surface area (Å²) in [5.74, 6) is 0. The van der Waals surface area contributed by atoms with Crippen molar-refractivity contribution in [1.29, 1.82) is 0 Å². The van der Waals surface area contributed by atoms with Crippen molar-refractivity contribution in [1.82, 2.24) is 15.0 Å². The van der Waals surface area contributed by atoms with E-state index < -0.39 is 0 Å². The largest absolute Gasteiger partial charge is 0.397 e. The van der Waals surface area contributed by atoms with E-state index in [9.17, 15) is 0 Å². The molecule has 3 N–H and O–H groups in total. The van der Waals surface area contributed by atoms with Crippen LogP contribution in [-0.4, -0.2) is 15.0 Å². The fourth-order valence-corrected chi connectivity index (χ4v) is 1.19. The molecular weight excluding hydrogens is 164 g/mol. The fraction of sp³-hybridized carbons (Fsp3) is 0. The Balaban J connectivity index is 2.96. The molecule has 2 heterocycles. The molecule has 0 aliphatic carbocycles. The van der Waals surface area contributed by atoms with Gasteiger partial charge >= 0.3 is 0 Å². The Morgan fingerprint density at radius 3 is 3.00 bits per heavy atom. The Hall–Kier alpha value is -1.29. The number of nitrogens with zero attached hydrogens (tertiary/aromatic N) is 2. The van der Waals surface area contributed by atoms with E-state index in [2.05, 4.69) is 15.0 Å². The lowest BCUT2D eigenvalue weighted by molar-refractivity contribution is 1.20. The van der Waals surface area contributed by atoms with Crippen LogP contribution in [0.15, 0.2) is 12.5 Å². The number of aromatic amines is 1. The molecule has 5 heteroatoms. The molecule has 0 bridgehead atoms. The first-order valence-corrected chi connectivity index (χ1v) is 3.40. The SMILES string of the molecule is Nc1c[nH]c2ncnc(Cl)c12. The molecule has 0 amide bonds. The Kier molecular flexibility index (Phi) is 1.22. The van der Waals surface area contributed by atoms with Crippen molar-refractivity contribution in [2.24, 2.45) is 0 Å². The molecule has 2 rings (SSSR count). The lowest BCUT2D eigenvalue weighted by Gasteiger charge is -1.91. The normalized spacial score (nSPS) is 10.6. The minimum Gasteiger partial charge on any atom is -0.397 e. The molecule has 0 saturated heterocycles. The predicted octanol–water partition coefficient (Wildman–Crippen LogP) is 1.19. The van der Waals surface area contributed by atoms with Crippen LogP contribution in [0.2, 0.25) is 5.15 Å². The van der Waals surface area contributed by atoms with E-state index >= 15 is 0 Å². The smallest absolute Gasteiger partial charge is 0.144 e. The zero-order valence-electron chi connectivity index (χ0n) is 5.50. The van der Waals surface area contributed by atoms with Crippen molar-refractivity contribution in [3.05, 3.63) is 17.7 Å². The molecule has 0 atom stereocenters. The molecule has 0 spiro atoms. The molecule has 2 aromatic heterocycles. The lowest BCUT2D eigenvalue weighted by Crippen LogP contribution is -1.84. The summed E-state index contributed by atoms with van der Waals surface area (Å²) in [6, 6.07) is 0. The maximum atomic E-state index is 5.75. The second-order valence-electron chi connectivity index (χ2n) is 2.13. The highest BCUT2D eigenvalue weighted by Crippen LogP contribution is 2.23. The third kappa shape index (κ3) is 0.832. The molecule has 0 unspecified atom stereocenters. The Labute approximate surface area is 67.4 Å². The summed E-state index contributed by atoms with van der Waals surface area (Å²) in [5.41, 5.74) is 6.82. The van der Waals surface area contributed by atoms with Crippen LogP contribution in [0.3, 0.4) is 0 Å². The van der Waals surface area contributed by atoms with Gasteiger partial charge in [-0.3, -0.25) is 0 Å². The van der Waals surface area contributed by atoms with Gasteiger partial charge in [-0.1, -0.05) is 11.6 Å². The summed E-state index contributed by atoms with van der Waals surface area (Å²) in [6.45, 7) is 0. The van der Waals surface area contributed by atoms with Gasteiger partial charge in [-0.15, -0.1) is 0 Å². The summed E-state index contributed by atoms with van der Waals surface area (Å²) < 4.78 is 0. The average Bonchev–Trinajstić information content (AvgIpc) is 2.34. The van der Waals surface area contributed by atoms with Crippen LogP contribution >= 0.6 is 11.6 Å². The summed E-state index contributed by atoms with van der Waals surface area (Å²) >= 11 is 5.75. The van der Waals surface area contributed by atoms with E-state index in [-0.39, 0.29) is 0 Å². The van der Waals surface area contributed by atoms with Gasteiger partial charge in [-0.05, 0) is 0 Å². The van der Waals surface area contributed by atoms with Gasteiger partial charge in [-0.2, -0.15) is 0 Å². The zero-order valence-corrected chi connectivity index (χ0v) is 6.26. The molecule has 11 heavy (non-hydrogen) atoms. The molecule has 0 saturated carbocycles.